The Morgan fingerprint density at radius 3 is 2.90 bits per heavy atom. The van der Waals surface area contributed by atoms with Gasteiger partial charge in [0.05, 0.1) is 7.11 Å². The molecule has 0 saturated heterocycles. The number of hydrogen-bond acceptors (Lipinski definition) is 4. The van der Waals surface area contributed by atoms with Crippen LogP contribution < -0.4 is 11.2 Å². The first-order chi connectivity index (χ1) is 4.66. The molecule has 0 aromatic rings. The summed E-state index contributed by atoms with van der Waals surface area (Å²) in [6.07, 6.45) is 0.800. The zero-order valence-electron chi connectivity index (χ0n) is 6.00. The van der Waals surface area contributed by atoms with E-state index in [1.165, 1.54) is 13.3 Å². The maximum absolute atomic E-state index is 10.3. The number of rotatable bonds is 2. The number of methoxy groups -OCH3 is 1. The Morgan fingerprint density at radius 1 is 1.90 bits per heavy atom. The molecular formula is C5H11N3O2. The van der Waals surface area contributed by atoms with Crippen molar-refractivity contribution >= 4 is 12.3 Å². The van der Waals surface area contributed by atoms with E-state index < -0.39 is 6.09 Å². The number of hydrazone groups is 1. The molecule has 0 aliphatic rings. The van der Waals surface area contributed by atoms with Gasteiger partial charge in [0.1, 0.15) is 0 Å². The number of hydrogen-bond donors (Lipinski definition) is 2. The van der Waals surface area contributed by atoms with Crippen molar-refractivity contribution in [2.24, 2.45) is 10.8 Å². The van der Waals surface area contributed by atoms with Gasteiger partial charge in [0.2, 0.25) is 0 Å². The summed E-state index contributed by atoms with van der Waals surface area (Å²) < 4.78 is 4.23. The van der Waals surface area contributed by atoms with Gasteiger partial charge < -0.3 is 10.5 Å². The summed E-state index contributed by atoms with van der Waals surface area (Å²) in [6, 6.07) is -0.169. The molecule has 0 aromatic carbocycles. The molecule has 0 spiro atoms. The number of nitrogens with one attached hydrogen (secondary N) is 1. The molecular weight excluding hydrogens is 134 g/mol. The Bertz CT molecular complexity index is 133. The highest BCUT2D eigenvalue weighted by Crippen LogP contribution is 1.70. The lowest BCUT2D eigenvalue weighted by atomic mass is 10.4. The SMILES string of the molecule is COC(=O)NN=CC(C)N. The van der Waals surface area contributed by atoms with Gasteiger partial charge in [0, 0.05) is 12.3 Å². The molecule has 1 atom stereocenters. The van der Waals surface area contributed by atoms with Crippen molar-refractivity contribution < 1.29 is 9.53 Å². The van der Waals surface area contributed by atoms with Crippen LogP contribution in [0.15, 0.2) is 5.10 Å². The highest BCUT2D eigenvalue weighted by Gasteiger charge is 1.92. The first-order valence-electron chi connectivity index (χ1n) is 2.79. The van der Waals surface area contributed by atoms with E-state index >= 15 is 0 Å². The summed E-state index contributed by atoms with van der Waals surface area (Å²) in [6.45, 7) is 1.74. The molecule has 0 fully saturated rings. The van der Waals surface area contributed by atoms with Crippen molar-refractivity contribution in [3.63, 3.8) is 0 Å². The lowest BCUT2D eigenvalue weighted by Gasteiger charge is -1.96. The summed E-state index contributed by atoms with van der Waals surface area (Å²) in [5, 5.41) is 3.47. The number of nitrogens with two attached hydrogens (primary N) is 1. The Hall–Kier alpha value is -1.10. The number of carbonyl (C=O) groups is 1. The molecule has 3 N–H and O–H groups in total. The number of amides is 1. The van der Waals surface area contributed by atoms with Crippen molar-refractivity contribution in [2.45, 2.75) is 13.0 Å². The van der Waals surface area contributed by atoms with Crippen LogP contribution in [0.1, 0.15) is 6.92 Å². The van der Waals surface area contributed by atoms with E-state index in [4.69, 9.17) is 5.73 Å². The number of nitrogens with zero attached hydrogens (tertiary/aromatic N) is 1. The maximum Gasteiger partial charge on any atom is 0.427 e. The third kappa shape index (κ3) is 5.04. The molecule has 58 valence electrons. The summed E-state index contributed by atoms with van der Waals surface area (Å²) >= 11 is 0. The van der Waals surface area contributed by atoms with Crippen LogP contribution in [0, 0.1) is 0 Å². The second-order valence-corrected chi connectivity index (χ2v) is 1.74. The van der Waals surface area contributed by atoms with E-state index in [1.807, 2.05) is 0 Å². The van der Waals surface area contributed by atoms with Gasteiger partial charge in [-0.05, 0) is 6.92 Å². The number of ether oxygens (including phenoxy) is 1. The molecule has 0 rings (SSSR count). The summed E-state index contributed by atoms with van der Waals surface area (Å²) in [5.41, 5.74) is 7.37. The van der Waals surface area contributed by atoms with Crippen LogP contribution in [0.2, 0.25) is 0 Å². The lowest BCUT2D eigenvalue weighted by Crippen LogP contribution is -2.21. The molecule has 0 aliphatic heterocycles. The first-order valence-corrected chi connectivity index (χ1v) is 2.79. The van der Waals surface area contributed by atoms with Gasteiger partial charge in [0.25, 0.3) is 0 Å². The van der Waals surface area contributed by atoms with Gasteiger partial charge in [0.15, 0.2) is 0 Å². The molecule has 1 amide bonds. The molecule has 1 unspecified atom stereocenters. The topological polar surface area (TPSA) is 76.7 Å². The van der Waals surface area contributed by atoms with Gasteiger partial charge >= 0.3 is 6.09 Å². The van der Waals surface area contributed by atoms with Crippen molar-refractivity contribution in [3.8, 4) is 0 Å². The smallest absolute Gasteiger partial charge is 0.427 e. The third-order valence-corrected chi connectivity index (χ3v) is 0.651. The maximum atomic E-state index is 10.3. The van der Waals surface area contributed by atoms with Crippen LogP contribution >= 0.6 is 0 Å². The van der Waals surface area contributed by atoms with Crippen molar-refractivity contribution in [3.05, 3.63) is 0 Å². The van der Waals surface area contributed by atoms with Crippen molar-refractivity contribution in [1.29, 1.82) is 0 Å². The molecule has 0 bridgehead atoms. The second kappa shape index (κ2) is 4.75. The third-order valence-electron chi connectivity index (χ3n) is 0.651. The molecule has 10 heavy (non-hydrogen) atoms. The van der Waals surface area contributed by atoms with Gasteiger partial charge in [-0.15, -0.1) is 0 Å². The first kappa shape index (κ1) is 8.90. The van der Waals surface area contributed by atoms with Crippen LogP contribution in [0.5, 0.6) is 0 Å². The van der Waals surface area contributed by atoms with E-state index in [0.717, 1.165) is 0 Å². The van der Waals surface area contributed by atoms with Crippen LogP contribution in [-0.4, -0.2) is 25.5 Å². The normalized spacial score (nSPS) is 13.1. The van der Waals surface area contributed by atoms with Gasteiger partial charge in [-0.25, -0.2) is 10.2 Å². The predicted octanol–water partition coefficient (Wildman–Crippen LogP) is -0.325. The highest BCUT2D eigenvalue weighted by molar-refractivity contribution is 5.70. The molecule has 5 nitrogen and oxygen atoms in total. The Balaban J connectivity index is 3.43. The summed E-state index contributed by atoms with van der Waals surface area (Å²) in [5.74, 6) is 0. The standard InChI is InChI=1S/C5H11N3O2/c1-4(6)3-7-8-5(9)10-2/h3-4H,6H2,1-2H3,(H,8,9). The fourth-order valence-corrected chi connectivity index (χ4v) is 0.253. The van der Waals surface area contributed by atoms with E-state index in [9.17, 15) is 4.79 Å². The van der Waals surface area contributed by atoms with Gasteiger partial charge in [-0.2, -0.15) is 5.10 Å². The fraction of sp³-hybridized carbons (Fsp3) is 0.600. The highest BCUT2D eigenvalue weighted by atomic mass is 16.5. The van der Waals surface area contributed by atoms with E-state index in [-0.39, 0.29) is 6.04 Å². The van der Waals surface area contributed by atoms with Gasteiger partial charge in [-0.1, -0.05) is 0 Å². The van der Waals surface area contributed by atoms with Crippen LogP contribution in [0.3, 0.4) is 0 Å². The fourth-order valence-electron chi connectivity index (χ4n) is 0.253. The minimum Gasteiger partial charge on any atom is -0.452 e. The van der Waals surface area contributed by atoms with Crippen molar-refractivity contribution in [2.75, 3.05) is 7.11 Å². The zero-order chi connectivity index (χ0) is 7.98. The Kier molecular flexibility index (Phi) is 4.23. The summed E-state index contributed by atoms with van der Waals surface area (Å²) in [7, 11) is 1.26. The molecule has 0 radical (unpaired) electrons. The average Bonchev–Trinajstić information content (AvgIpc) is 1.87. The lowest BCUT2D eigenvalue weighted by molar-refractivity contribution is 0.171. The molecule has 0 saturated carbocycles. The van der Waals surface area contributed by atoms with E-state index in [0.29, 0.717) is 0 Å². The quantitative estimate of drug-likeness (QED) is 0.413. The molecule has 0 aromatic heterocycles. The number of carbonyl (C=O) groups excluding carboxylic acids is 1. The predicted molar refractivity (Wildman–Crippen MR) is 37.7 cm³/mol. The molecule has 0 aliphatic carbocycles. The van der Waals surface area contributed by atoms with Gasteiger partial charge in [-0.3, -0.25) is 0 Å². The largest absolute Gasteiger partial charge is 0.452 e. The van der Waals surface area contributed by atoms with E-state index in [2.05, 4.69) is 15.3 Å². The van der Waals surface area contributed by atoms with Crippen LogP contribution in [0.25, 0.3) is 0 Å². The monoisotopic (exact) mass is 145 g/mol. The summed E-state index contributed by atoms with van der Waals surface area (Å²) in [4.78, 5) is 10.3. The zero-order valence-corrected chi connectivity index (χ0v) is 6.00. The Labute approximate surface area is 59.2 Å². The minimum atomic E-state index is -0.600. The Morgan fingerprint density at radius 2 is 2.50 bits per heavy atom. The molecule has 0 heterocycles. The van der Waals surface area contributed by atoms with Crippen LogP contribution in [-0.2, 0) is 4.74 Å². The average molecular weight is 145 g/mol. The van der Waals surface area contributed by atoms with Crippen molar-refractivity contribution in [1.82, 2.24) is 5.43 Å². The van der Waals surface area contributed by atoms with E-state index in [1.54, 1.807) is 6.92 Å². The van der Waals surface area contributed by atoms with Crippen LogP contribution in [0.4, 0.5) is 4.79 Å². The molecule has 5 heteroatoms. The second-order valence-electron chi connectivity index (χ2n) is 1.74. The minimum absolute atomic E-state index is 0.169.